The van der Waals surface area contributed by atoms with Gasteiger partial charge in [0.15, 0.2) is 5.96 Å². The lowest BCUT2D eigenvalue weighted by Crippen LogP contribution is -2.36. The summed E-state index contributed by atoms with van der Waals surface area (Å²) in [7, 11) is 0. The van der Waals surface area contributed by atoms with E-state index >= 15 is 0 Å². The van der Waals surface area contributed by atoms with Crippen LogP contribution < -0.4 is 10.6 Å². The van der Waals surface area contributed by atoms with E-state index in [1.807, 2.05) is 20.8 Å². The van der Waals surface area contributed by atoms with E-state index in [4.69, 9.17) is 4.42 Å². The molecular weight excluding hydrogens is 449 g/mol. The van der Waals surface area contributed by atoms with Crippen LogP contribution in [0.15, 0.2) is 14.8 Å². The molecule has 6 nitrogen and oxygen atoms in total. The molecule has 0 unspecified atom stereocenters. The number of aryl methyl sites for hydroxylation is 2. The van der Waals surface area contributed by atoms with Crippen molar-refractivity contribution < 1.29 is 4.42 Å². The molecule has 2 heterocycles. The van der Waals surface area contributed by atoms with Gasteiger partial charge >= 0.3 is 0 Å². The number of rotatable bonds is 5. The number of hydrogen-bond donors (Lipinski definition) is 2. The van der Waals surface area contributed by atoms with Crippen LogP contribution in [0.4, 0.5) is 0 Å². The topological polar surface area (TPSA) is 75.3 Å². The van der Waals surface area contributed by atoms with Gasteiger partial charge in [-0.1, -0.05) is 20.8 Å². The van der Waals surface area contributed by atoms with E-state index in [1.54, 1.807) is 11.3 Å². The molecule has 0 aliphatic carbocycles. The molecule has 0 radical (unpaired) electrons. The van der Waals surface area contributed by atoms with Crippen LogP contribution in [0.1, 0.15) is 55.7 Å². The Morgan fingerprint density at radius 1 is 1.24 bits per heavy atom. The molecule has 140 valence electrons. The molecule has 2 aromatic rings. The number of halogens is 1. The molecule has 8 heteroatoms. The van der Waals surface area contributed by atoms with Crippen molar-refractivity contribution in [2.24, 2.45) is 4.99 Å². The van der Waals surface area contributed by atoms with Gasteiger partial charge in [0.1, 0.15) is 5.76 Å². The summed E-state index contributed by atoms with van der Waals surface area (Å²) >= 11 is 1.69. The van der Waals surface area contributed by atoms with E-state index in [9.17, 15) is 0 Å². The highest BCUT2D eigenvalue weighted by Gasteiger charge is 2.17. The lowest BCUT2D eigenvalue weighted by atomic mass is 9.98. The standard InChI is InChI=1S/C17H27N5OS.HI/c1-7-18-16(20-9-14-21-11(2)12(3)23-14)19-8-13-10-24-15(22-13)17(4,5)6;/h10H,7-9H2,1-6H3,(H2,18,19,20);1H. The van der Waals surface area contributed by atoms with Crippen molar-refractivity contribution in [1.82, 2.24) is 20.6 Å². The molecule has 2 aromatic heterocycles. The highest BCUT2D eigenvalue weighted by atomic mass is 127. The molecule has 0 bridgehead atoms. The number of nitrogens with one attached hydrogen (secondary N) is 2. The zero-order valence-electron chi connectivity index (χ0n) is 15.8. The predicted molar refractivity (Wildman–Crippen MR) is 114 cm³/mol. The lowest BCUT2D eigenvalue weighted by molar-refractivity contribution is 0.463. The number of aliphatic imine (C=N–C) groups is 1. The summed E-state index contributed by atoms with van der Waals surface area (Å²) in [5.41, 5.74) is 1.99. The second-order valence-corrected chi connectivity index (χ2v) is 7.55. The van der Waals surface area contributed by atoms with Crippen LogP contribution in [0.5, 0.6) is 0 Å². The smallest absolute Gasteiger partial charge is 0.214 e. The van der Waals surface area contributed by atoms with Crippen LogP contribution in [0.2, 0.25) is 0 Å². The molecule has 2 N–H and O–H groups in total. The minimum atomic E-state index is 0. The highest BCUT2D eigenvalue weighted by Crippen LogP contribution is 2.25. The molecule has 25 heavy (non-hydrogen) atoms. The van der Waals surface area contributed by atoms with Crippen LogP contribution in [0.25, 0.3) is 0 Å². The van der Waals surface area contributed by atoms with Gasteiger partial charge in [0, 0.05) is 17.3 Å². The van der Waals surface area contributed by atoms with Crippen molar-refractivity contribution in [3.63, 3.8) is 0 Å². The summed E-state index contributed by atoms with van der Waals surface area (Å²) in [6, 6.07) is 0. The summed E-state index contributed by atoms with van der Waals surface area (Å²) < 4.78 is 5.58. The van der Waals surface area contributed by atoms with Crippen LogP contribution in [-0.4, -0.2) is 22.5 Å². The van der Waals surface area contributed by atoms with Gasteiger partial charge in [-0.25, -0.2) is 15.0 Å². The molecule has 2 rings (SSSR count). The third kappa shape index (κ3) is 6.58. The van der Waals surface area contributed by atoms with Gasteiger partial charge < -0.3 is 15.1 Å². The molecule has 0 atom stereocenters. The van der Waals surface area contributed by atoms with E-state index in [0.717, 1.165) is 34.7 Å². The number of thiazole rings is 1. The van der Waals surface area contributed by atoms with E-state index in [-0.39, 0.29) is 29.4 Å². The monoisotopic (exact) mass is 477 g/mol. The number of oxazole rings is 1. The quantitative estimate of drug-likeness (QED) is 0.388. The Bertz CT molecular complexity index is 683. The van der Waals surface area contributed by atoms with Crippen LogP contribution in [0, 0.1) is 13.8 Å². The molecule has 0 fully saturated rings. The zero-order valence-corrected chi connectivity index (χ0v) is 18.9. The number of nitrogens with zero attached hydrogens (tertiary/aromatic N) is 3. The summed E-state index contributed by atoms with van der Waals surface area (Å²) in [6.45, 7) is 14.3. The normalized spacial score (nSPS) is 12.0. The predicted octanol–water partition coefficient (Wildman–Crippen LogP) is 3.92. The molecule has 0 aromatic carbocycles. The van der Waals surface area contributed by atoms with Crippen LogP contribution in [-0.2, 0) is 18.5 Å². The number of hydrogen-bond acceptors (Lipinski definition) is 5. The van der Waals surface area contributed by atoms with Gasteiger partial charge in [0.2, 0.25) is 5.89 Å². The average molecular weight is 477 g/mol. The van der Waals surface area contributed by atoms with E-state index in [0.29, 0.717) is 19.0 Å². The van der Waals surface area contributed by atoms with Crippen molar-refractivity contribution in [3.05, 3.63) is 33.4 Å². The Kier molecular flexibility index (Phi) is 8.33. The highest BCUT2D eigenvalue weighted by molar-refractivity contribution is 14.0. The minimum Gasteiger partial charge on any atom is -0.444 e. The Morgan fingerprint density at radius 3 is 2.48 bits per heavy atom. The van der Waals surface area contributed by atoms with Crippen molar-refractivity contribution in [1.29, 1.82) is 0 Å². The first-order valence-electron chi connectivity index (χ1n) is 8.19. The van der Waals surface area contributed by atoms with Gasteiger partial charge in [0.05, 0.1) is 29.5 Å². The van der Waals surface area contributed by atoms with Crippen LogP contribution >= 0.6 is 35.3 Å². The van der Waals surface area contributed by atoms with Gasteiger partial charge in [-0.05, 0) is 20.8 Å². The van der Waals surface area contributed by atoms with Crippen molar-refractivity contribution in [2.45, 2.75) is 60.0 Å². The van der Waals surface area contributed by atoms with Gasteiger partial charge in [-0.15, -0.1) is 35.3 Å². The summed E-state index contributed by atoms with van der Waals surface area (Å²) in [6.07, 6.45) is 0. The first-order chi connectivity index (χ1) is 11.3. The SMILES string of the molecule is CCNC(=NCc1csc(C(C)(C)C)n1)NCc1nc(C)c(C)o1.I. The molecule has 0 saturated heterocycles. The minimum absolute atomic E-state index is 0. The summed E-state index contributed by atoms with van der Waals surface area (Å²) in [5.74, 6) is 2.25. The molecule has 0 aliphatic rings. The number of aromatic nitrogens is 2. The van der Waals surface area contributed by atoms with E-state index < -0.39 is 0 Å². The van der Waals surface area contributed by atoms with Gasteiger partial charge in [0.25, 0.3) is 0 Å². The van der Waals surface area contributed by atoms with Crippen molar-refractivity contribution in [2.75, 3.05) is 6.54 Å². The third-order valence-corrected chi connectivity index (χ3v) is 4.73. The first kappa shape index (κ1) is 21.9. The van der Waals surface area contributed by atoms with E-state index in [1.165, 1.54) is 0 Å². The second kappa shape index (κ2) is 9.51. The Morgan fingerprint density at radius 2 is 1.96 bits per heavy atom. The van der Waals surface area contributed by atoms with Gasteiger partial charge in [-0.3, -0.25) is 0 Å². The largest absolute Gasteiger partial charge is 0.444 e. The zero-order chi connectivity index (χ0) is 17.7. The first-order valence-corrected chi connectivity index (χ1v) is 9.07. The maximum absolute atomic E-state index is 5.58. The third-order valence-electron chi connectivity index (χ3n) is 3.42. The average Bonchev–Trinajstić information content (AvgIpc) is 3.09. The van der Waals surface area contributed by atoms with Crippen LogP contribution in [0.3, 0.4) is 0 Å². The fraction of sp³-hybridized carbons (Fsp3) is 0.588. The second-order valence-electron chi connectivity index (χ2n) is 6.69. The van der Waals surface area contributed by atoms with E-state index in [2.05, 4.69) is 51.7 Å². The maximum atomic E-state index is 5.58. The fourth-order valence-electron chi connectivity index (χ4n) is 2.00. The number of guanidine groups is 1. The molecule has 0 spiro atoms. The molecule has 0 amide bonds. The summed E-state index contributed by atoms with van der Waals surface area (Å²) in [5, 5.41) is 9.68. The molecule has 0 aliphatic heterocycles. The molecule has 0 saturated carbocycles. The Balaban J connectivity index is 0.00000312. The fourth-order valence-corrected chi connectivity index (χ4v) is 2.90. The summed E-state index contributed by atoms with van der Waals surface area (Å²) in [4.78, 5) is 13.6. The maximum Gasteiger partial charge on any atom is 0.214 e. The van der Waals surface area contributed by atoms with Crippen molar-refractivity contribution >= 4 is 41.3 Å². The Labute approximate surface area is 171 Å². The van der Waals surface area contributed by atoms with Crippen molar-refractivity contribution in [3.8, 4) is 0 Å². The Hall–Kier alpha value is -1.16. The molecular formula is C17H28IN5OS. The lowest BCUT2D eigenvalue weighted by Gasteiger charge is -2.13. The van der Waals surface area contributed by atoms with Gasteiger partial charge in [-0.2, -0.15) is 0 Å².